The van der Waals surface area contributed by atoms with Crippen LogP contribution in [0.3, 0.4) is 0 Å². The molecule has 2 aromatic carbocycles. The van der Waals surface area contributed by atoms with Crippen LogP contribution in [0.15, 0.2) is 60.8 Å². The number of nitrogens with one attached hydrogen (secondary N) is 3. The van der Waals surface area contributed by atoms with Crippen molar-refractivity contribution in [3.63, 3.8) is 0 Å². The van der Waals surface area contributed by atoms with Gasteiger partial charge < -0.3 is 25.6 Å². The molecule has 1 aliphatic heterocycles. The van der Waals surface area contributed by atoms with E-state index in [0.29, 0.717) is 48.9 Å². The van der Waals surface area contributed by atoms with Gasteiger partial charge in [-0.2, -0.15) is 4.98 Å². The van der Waals surface area contributed by atoms with Gasteiger partial charge in [-0.3, -0.25) is 4.79 Å². The predicted molar refractivity (Wildman–Crippen MR) is 146 cm³/mol. The maximum atomic E-state index is 13.1. The summed E-state index contributed by atoms with van der Waals surface area (Å²) in [6.45, 7) is 6.73. The number of aromatic nitrogens is 2. The molecule has 0 radical (unpaired) electrons. The molecule has 10 heteroatoms. The number of piperidine rings is 1. The summed E-state index contributed by atoms with van der Waals surface area (Å²) in [5.74, 6) is 0.561. The van der Waals surface area contributed by atoms with Crippen molar-refractivity contribution in [2.45, 2.75) is 52.7 Å². The molecule has 1 fully saturated rings. The van der Waals surface area contributed by atoms with Crippen LogP contribution in [-0.4, -0.2) is 51.6 Å². The van der Waals surface area contributed by atoms with E-state index < -0.39 is 6.09 Å². The van der Waals surface area contributed by atoms with Crippen molar-refractivity contribution in [2.24, 2.45) is 0 Å². The topological polar surface area (TPSA) is 108 Å². The Hall–Kier alpha value is -4.21. The van der Waals surface area contributed by atoms with Crippen LogP contribution in [0.5, 0.6) is 0 Å². The maximum absolute atomic E-state index is 13.1. The van der Waals surface area contributed by atoms with Gasteiger partial charge in [0.15, 0.2) is 0 Å². The van der Waals surface area contributed by atoms with Crippen LogP contribution in [0, 0.1) is 5.82 Å². The molecule has 1 saturated heterocycles. The van der Waals surface area contributed by atoms with Gasteiger partial charge in [0, 0.05) is 54.6 Å². The SMILES string of the molecule is C.CC(C)(C)NC(=O)OC1CCN(C(=O)c2ccc(Nc3nccc(Nc4ccc(F)cc4)n3)cc2)CC1. The van der Waals surface area contributed by atoms with Gasteiger partial charge in [-0.05, 0) is 75.4 Å². The summed E-state index contributed by atoms with van der Waals surface area (Å²) >= 11 is 0. The van der Waals surface area contributed by atoms with Gasteiger partial charge >= 0.3 is 6.09 Å². The lowest BCUT2D eigenvalue weighted by Crippen LogP contribution is -2.45. The lowest BCUT2D eigenvalue weighted by atomic mass is 10.1. The Morgan fingerprint density at radius 1 is 0.947 bits per heavy atom. The Kier molecular flexibility index (Phi) is 9.22. The van der Waals surface area contributed by atoms with E-state index in [1.165, 1.54) is 12.1 Å². The lowest BCUT2D eigenvalue weighted by Gasteiger charge is -2.32. The van der Waals surface area contributed by atoms with Crippen LogP contribution in [-0.2, 0) is 4.74 Å². The van der Waals surface area contributed by atoms with Crippen molar-refractivity contribution < 1.29 is 18.7 Å². The largest absolute Gasteiger partial charge is 0.446 e. The summed E-state index contributed by atoms with van der Waals surface area (Å²) in [4.78, 5) is 35.4. The minimum Gasteiger partial charge on any atom is -0.446 e. The Labute approximate surface area is 222 Å². The van der Waals surface area contributed by atoms with Crippen LogP contribution in [0.4, 0.5) is 32.3 Å². The summed E-state index contributed by atoms with van der Waals surface area (Å²) in [7, 11) is 0. The molecule has 2 amide bonds. The summed E-state index contributed by atoms with van der Waals surface area (Å²) in [5.41, 5.74) is 1.65. The molecular formula is C28H35FN6O3. The number of amides is 2. The molecule has 38 heavy (non-hydrogen) atoms. The van der Waals surface area contributed by atoms with Gasteiger partial charge in [0.25, 0.3) is 5.91 Å². The fraction of sp³-hybridized carbons (Fsp3) is 0.357. The van der Waals surface area contributed by atoms with Gasteiger partial charge in [0.1, 0.15) is 17.7 Å². The lowest BCUT2D eigenvalue weighted by molar-refractivity contribution is 0.0404. The second-order valence-corrected chi connectivity index (χ2v) is 9.87. The number of nitrogens with zero attached hydrogens (tertiary/aromatic N) is 3. The van der Waals surface area contributed by atoms with E-state index in [1.807, 2.05) is 20.8 Å². The summed E-state index contributed by atoms with van der Waals surface area (Å²) in [5, 5.41) is 9.02. The van der Waals surface area contributed by atoms with Crippen molar-refractivity contribution in [1.29, 1.82) is 0 Å². The van der Waals surface area contributed by atoms with Crippen LogP contribution >= 0.6 is 0 Å². The first-order valence-electron chi connectivity index (χ1n) is 12.2. The van der Waals surface area contributed by atoms with Crippen molar-refractivity contribution in [2.75, 3.05) is 23.7 Å². The standard InChI is InChI=1S/C27H31FN6O3.CH4/c1-27(2,3)33-26(36)37-22-13-16-34(17-14-22)24(35)18-4-8-21(9-5-18)31-25-29-15-12-23(32-25)30-20-10-6-19(28)7-11-20;/h4-12,15,22H,13-14,16-17H2,1-3H3,(H,33,36)(H2,29,30,31,32);1H4. The van der Waals surface area contributed by atoms with Gasteiger partial charge in [0.05, 0.1) is 0 Å². The van der Waals surface area contributed by atoms with E-state index in [2.05, 4.69) is 25.9 Å². The monoisotopic (exact) mass is 522 g/mol. The average molecular weight is 523 g/mol. The fourth-order valence-electron chi connectivity index (χ4n) is 3.84. The van der Waals surface area contributed by atoms with E-state index in [0.717, 1.165) is 5.69 Å². The number of hydrogen-bond donors (Lipinski definition) is 3. The molecule has 0 saturated carbocycles. The molecule has 1 aliphatic rings. The van der Waals surface area contributed by atoms with E-state index in [-0.39, 0.29) is 30.8 Å². The second-order valence-electron chi connectivity index (χ2n) is 9.87. The number of anilines is 4. The fourth-order valence-corrected chi connectivity index (χ4v) is 3.84. The number of alkyl carbamates (subject to hydrolysis) is 1. The number of likely N-dealkylation sites (tertiary alicyclic amines) is 1. The molecule has 9 nitrogen and oxygen atoms in total. The quantitative estimate of drug-likeness (QED) is 0.372. The number of hydrogen-bond acceptors (Lipinski definition) is 7. The van der Waals surface area contributed by atoms with E-state index in [9.17, 15) is 14.0 Å². The predicted octanol–water partition coefficient (Wildman–Crippen LogP) is 5.87. The molecule has 3 aromatic rings. The molecular weight excluding hydrogens is 487 g/mol. The highest BCUT2D eigenvalue weighted by atomic mass is 19.1. The number of carbonyl (C=O) groups excluding carboxylic acids is 2. The molecule has 202 valence electrons. The average Bonchev–Trinajstić information content (AvgIpc) is 2.85. The Bertz CT molecular complexity index is 1220. The maximum Gasteiger partial charge on any atom is 0.407 e. The molecule has 0 spiro atoms. The van der Waals surface area contributed by atoms with Gasteiger partial charge in [-0.1, -0.05) is 7.43 Å². The molecule has 0 atom stereocenters. The van der Waals surface area contributed by atoms with Crippen molar-refractivity contribution in [1.82, 2.24) is 20.2 Å². The number of ether oxygens (including phenoxy) is 1. The molecule has 0 unspecified atom stereocenters. The summed E-state index contributed by atoms with van der Waals surface area (Å²) in [6.07, 6.45) is 2.18. The van der Waals surface area contributed by atoms with Crippen molar-refractivity contribution in [3.05, 3.63) is 72.2 Å². The molecule has 1 aromatic heterocycles. The zero-order valence-electron chi connectivity index (χ0n) is 21.1. The molecule has 3 N–H and O–H groups in total. The molecule has 0 aliphatic carbocycles. The Morgan fingerprint density at radius 3 is 2.18 bits per heavy atom. The van der Waals surface area contributed by atoms with Crippen LogP contribution in [0.2, 0.25) is 0 Å². The number of carbonyl (C=O) groups is 2. The zero-order chi connectivity index (χ0) is 26.4. The van der Waals surface area contributed by atoms with Crippen molar-refractivity contribution in [3.8, 4) is 0 Å². The van der Waals surface area contributed by atoms with E-state index >= 15 is 0 Å². The minimum atomic E-state index is -0.430. The van der Waals surface area contributed by atoms with E-state index in [1.54, 1.807) is 53.6 Å². The zero-order valence-corrected chi connectivity index (χ0v) is 21.1. The highest BCUT2D eigenvalue weighted by Gasteiger charge is 2.27. The minimum absolute atomic E-state index is 0. The number of rotatable bonds is 6. The first-order chi connectivity index (χ1) is 17.6. The third kappa shape index (κ3) is 8.16. The van der Waals surface area contributed by atoms with Crippen LogP contribution < -0.4 is 16.0 Å². The van der Waals surface area contributed by atoms with Crippen LogP contribution in [0.25, 0.3) is 0 Å². The van der Waals surface area contributed by atoms with Crippen molar-refractivity contribution >= 4 is 35.1 Å². The van der Waals surface area contributed by atoms with Crippen LogP contribution in [0.1, 0.15) is 51.4 Å². The molecule has 0 bridgehead atoms. The summed E-state index contributed by atoms with van der Waals surface area (Å²) in [6, 6.07) is 14.8. The number of benzene rings is 2. The molecule has 4 rings (SSSR count). The van der Waals surface area contributed by atoms with Gasteiger partial charge in [-0.25, -0.2) is 14.2 Å². The highest BCUT2D eigenvalue weighted by Crippen LogP contribution is 2.21. The Morgan fingerprint density at radius 2 is 1.55 bits per heavy atom. The third-order valence-electron chi connectivity index (χ3n) is 5.64. The second kappa shape index (κ2) is 12.4. The first-order valence-corrected chi connectivity index (χ1v) is 12.2. The third-order valence-corrected chi connectivity index (χ3v) is 5.64. The highest BCUT2D eigenvalue weighted by molar-refractivity contribution is 5.94. The van der Waals surface area contributed by atoms with Gasteiger partial charge in [-0.15, -0.1) is 0 Å². The Balaban J connectivity index is 0.00000400. The summed E-state index contributed by atoms with van der Waals surface area (Å²) < 4.78 is 18.6. The van der Waals surface area contributed by atoms with E-state index in [4.69, 9.17) is 4.74 Å². The molecule has 2 heterocycles. The smallest absolute Gasteiger partial charge is 0.407 e. The normalized spacial score (nSPS) is 13.7. The number of halogens is 1. The van der Waals surface area contributed by atoms with Gasteiger partial charge in [0.2, 0.25) is 5.95 Å². The first kappa shape index (κ1) is 28.4.